The Morgan fingerprint density at radius 3 is 2.11 bits per heavy atom. The van der Waals surface area contributed by atoms with Gasteiger partial charge in [-0.1, -0.05) is 6.07 Å². The lowest BCUT2D eigenvalue weighted by Gasteiger charge is -2.28. The standard InChI is InChI=1S/C15H11F5N2O4S/c16-12(17)14(24,15(18,19)20)13(23)22-9-4-6-10(7-5-9)27(25,26)11-3-1-2-8-21-11/h1-8,12,24H,(H,22,23). The van der Waals surface area contributed by atoms with Crippen LogP contribution in [0.25, 0.3) is 0 Å². The number of nitrogens with zero attached hydrogens (tertiary/aromatic N) is 1. The molecule has 2 aromatic rings. The van der Waals surface area contributed by atoms with Crippen molar-refractivity contribution in [3.05, 3.63) is 48.7 Å². The molecule has 1 aromatic heterocycles. The largest absolute Gasteiger partial charge is 0.432 e. The highest BCUT2D eigenvalue weighted by Crippen LogP contribution is 2.36. The number of rotatable bonds is 5. The molecule has 0 aliphatic carbocycles. The van der Waals surface area contributed by atoms with Crippen molar-refractivity contribution in [3.63, 3.8) is 0 Å². The summed E-state index contributed by atoms with van der Waals surface area (Å²) in [6.07, 6.45) is -9.11. The van der Waals surface area contributed by atoms with E-state index in [1.165, 1.54) is 29.7 Å². The van der Waals surface area contributed by atoms with Crippen molar-refractivity contribution in [2.45, 2.75) is 28.1 Å². The highest BCUT2D eigenvalue weighted by atomic mass is 32.2. The summed E-state index contributed by atoms with van der Waals surface area (Å²) in [6, 6.07) is 7.78. The van der Waals surface area contributed by atoms with E-state index in [0.717, 1.165) is 24.3 Å². The number of sulfone groups is 1. The molecule has 0 aliphatic heterocycles. The average Bonchev–Trinajstić information content (AvgIpc) is 2.61. The van der Waals surface area contributed by atoms with Gasteiger partial charge in [-0.2, -0.15) is 13.2 Å². The van der Waals surface area contributed by atoms with Gasteiger partial charge >= 0.3 is 11.8 Å². The lowest BCUT2D eigenvalue weighted by Crippen LogP contribution is -2.59. The Balaban J connectivity index is 2.27. The van der Waals surface area contributed by atoms with E-state index in [-0.39, 0.29) is 9.92 Å². The highest BCUT2D eigenvalue weighted by Gasteiger charge is 2.66. The molecular weight excluding hydrogens is 399 g/mol. The first-order valence-electron chi connectivity index (χ1n) is 7.05. The number of anilines is 1. The predicted molar refractivity (Wildman–Crippen MR) is 81.8 cm³/mol. The Bertz CT molecular complexity index is 917. The van der Waals surface area contributed by atoms with Crippen LogP contribution in [-0.4, -0.2) is 42.6 Å². The minimum absolute atomic E-state index is 0.286. The summed E-state index contributed by atoms with van der Waals surface area (Å²) < 4.78 is 87.8. The number of nitrogens with one attached hydrogen (secondary N) is 1. The number of aliphatic hydroxyl groups is 1. The molecule has 0 saturated carbocycles. The zero-order valence-electron chi connectivity index (χ0n) is 13.1. The van der Waals surface area contributed by atoms with E-state index in [4.69, 9.17) is 5.11 Å². The van der Waals surface area contributed by atoms with Gasteiger partial charge in [-0.05, 0) is 36.4 Å². The van der Waals surface area contributed by atoms with Crippen molar-refractivity contribution < 1.29 is 40.3 Å². The second-order valence-electron chi connectivity index (χ2n) is 5.21. The molecule has 1 aromatic carbocycles. The van der Waals surface area contributed by atoms with Gasteiger partial charge in [0.15, 0.2) is 5.03 Å². The number of carbonyl (C=O) groups excluding carboxylic acids is 1. The van der Waals surface area contributed by atoms with Crippen molar-refractivity contribution >= 4 is 21.4 Å². The quantitative estimate of drug-likeness (QED) is 0.738. The lowest BCUT2D eigenvalue weighted by molar-refractivity contribution is -0.282. The van der Waals surface area contributed by atoms with Crippen LogP contribution in [0, 0.1) is 0 Å². The van der Waals surface area contributed by atoms with Crippen LogP contribution in [0.5, 0.6) is 0 Å². The number of carbonyl (C=O) groups is 1. The molecule has 0 saturated heterocycles. The molecule has 146 valence electrons. The van der Waals surface area contributed by atoms with Crippen LogP contribution in [0.15, 0.2) is 58.6 Å². The summed E-state index contributed by atoms with van der Waals surface area (Å²) in [4.78, 5) is 14.9. The van der Waals surface area contributed by atoms with E-state index >= 15 is 0 Å². The zero-order chi connectivity index (χ0) is 20.5. The normalized spacial score (nSPS) is 14.6. The molecule has 27 heavy (non-hydrogen) atoms. The topological polar surface area (TPSA) is 96.4 Å². The summed E-state index contributed by atoms with van der Waals surface area (Å²) >= 11 is 0. The van der Waals surface area contributed by atoms with Gasteiger partial charge in [0.1, 0.15) is 0 Å². The third kappa shape index (κ3) is 3.90. The van der Waals surface area contributed by atoms with E-state index < -0.39 is 39.6 Å². The average molecular weight is 410 g/mol. The Kier molecular flexibility index (Phi) is 5.52. The SMILES string of the molecule is O=C(Nc1ccc(S(=O)(=O)c2ccccn2)cc1)C(O)(C(F)F)C(F)(F)F. The maximum absolute atomic E-state index is 12.6. The molecule has 2 rings (SSSR count). The first-order valence-corrected chi connectivity index (χ1v) is 8.54. The Morgan fingerprint density at radius 1 is 1.07 bits per heavy atom. The van der Waals surface area contributed by atoms with Gasteiger partial charge < -0.3 is 10.4 Å². The number of alkyl halides is 5. The van der Waals surface area contributed by atoms with Gasteiger partial charge in [0.05, 0.1) is 4.90 Å². The predicted octanol–water partition coefficient (Wildman–Crippen LogP) is 2.41. The van der Waals surface area contributed by atoms with Crippen molar-refractivity contribution in [2.75, 3.05) is 5.32 Å². The minimum atomic E-state index is -5.92. The van der Waals surface area contributed by atoms with Gasteiger partial charge in [-0.3, -0.25) is 4.79 Å². The molecule has 6 nitrogen and oxygen atoms in total. The first kappa shape index (κ1) is 20.7. The molecule has 0 aliphatic rings. The molecule has 1 heterocycles. The number of pyridine rings is 1. The van der Waals surface area contributed by atoms with Crippen molar-refractivity contribution in [1.82, 2.24) is 4.98 Å². The Labute approximate surface area is 149 Å². The fourth-order valence-electron chi connectivity index (χ4n) is 1.92. The Morgan fingerprint density at radius 2 is 1.67 bits per heavy atom. The second-order valence-corrected chi connectivity index (χ2v) is 7.11. The van der Waals surface area contributed by atoms with E-state index in [2.05, 4.69) is 4.98 Å². The van der Waals surface area contributed by atoms with Gasteiger partial charge in [0, 0.05) is 11.9 Å². The molecule has 0 spiro atoms. The maximum Gasteiger partial charge on any atom is 0.432 e. The summed E-state index contributed by atoms with van der Waals surface area (Å²) in [5, 5.41) is 10.3. The molecule has 12 heteroatoms. The van der Waals surface area contributed by atoms with E-state index in [1.807, 2.05) is 0 Å². The number of hydrogen-bond donors (Lipinski definition) is 2. The van der Waals surface area contributed by atoms with Gasteiger partial charge in [-0.15, -0.1) is 0 Å². The lowest BCUT2D eigenvalue weighted by atomic mass is 10.0. The van der Waals surface area contributed by atoms with Gasteiger partial charge in [-0.25, -0.2) is 22.2 Å². The van der Waals surface area contributed by atoms with Crippen molar-refractivity contribution in [2.24, 2.45) is 0 Å². The van der Waals surface area contributed by atoms with Crippen LogP contribution >= 0.6 is 0 Å². The van der Waals surface area contributed by atoms with Crippen molar-refractivity contribution in [1.29, 1.82) is 0 Å². The van der Waals surface area contributed by atoms with E-state index in [0.29, 0.717) is 0 Å². The van der Waals surface area contributed by atoms with Crippen LogP contribution in [0.4, 0.5) is 27.6 Å². The number of hydrogen-bond acceptors (Lipinski definition) is 5. The summed E-state index contributed by atoms with van der Waals surface area (Å²) in [7, 11) is -4.02. The first-order chi connectivity index (χ1) is 12.4. The zero-order valence-corrected chi connectivity index (χ0v) is 13.9. The number of aromatic nitrogens is 1. The van der Waals surface area contributed by atoms with Gasteiger partial charge in [0.25, 0.3) is 12.3 Å². The molecule has 1 amide bonds. The van der Waals surface area contributed by atoms with Crippen LogP contribution < -0.4 is 5.32 Å². The highest BCUT2D eigenvalue weighted by molar-refractivity contribution is 7.91. The fourth-order valence-corrected chi connectivity index (χ4v) is 3.12. The summed E-state index contributed by atoms with van der Waals surface area (Å²) in [6.45, 7) is 0. The third-order valence-electron chi connectivity index (χ3n) is 3.43. The maximum atomic E-state index is 12.6. The van der Waals surface area contributed by atoms with Gasteiger partial charge in [0.2, 0.25) is 9.84 Å². The number of halogens is 5. The fraction of sp³-hybridized carbons (Fsp3) is 0.200. The molecule has 0 radical (unpaired) electrons. The van der Waals surface area contributed by atoms with Crippen LogP contribution in [0.2, 0.25) is 0 Å². The number of amides is 1. The number of benzene rings is 1. The van der Waals surface area contributed by atoms with Crippen LogP contribution in [0.1, 0.15) is 0 Å². The monoisotopic (exact) mass is 410 g/mol. The smallest absolute Gasteiger partial charge is 0.368 e. The molecule has 0 fully saturated rings. The summed E-state index contributed by atoms with van der Waals surface area (Å²) in [5.74, 6) is -2.40. The van der Waals surface area contributed by atoms with E-state index in [1.54, 1.807) is 0 Å². The van der Waals surface area contributed by atoms with Crippen LogP contribution in [0.3, 0.4) is 0 Å². The molecule has 2 N–H and O–H groups in total. The molecule has 1 unspecified atom stereocenters. The molecule has 0 bridgehead atoms. The Hall–Kier alpha value is -2.60. The molecular formula is C15H11F5N2O4S. The van der Waals surface area contributed by atoms with Crippen LogP contribution in [-0.2, 0) is 14.6 Å². The minimum Gasteiger partial charge on any atom is -0.368 e. The molecule has 1 atom stereocenters. The summed E-state index contributed by atoms with van der Waals surface area (Å²) in [5.41, 5.74) is -5.34. The van der Waals surface area contributed by atoms with E-state index in [9.17, 15) is 35.2 Å². The third-order valence-corrected chi connectivity index (χ3v) is 5.11. The second kappa shape index (κ2) is 7.19. The van der Waals surface area contributed by atoms with Crippen molar-refractivity contribution in [3.8, 4) is 0 Å².